The fourth-order valence-corrected chi connectivity index (χ4v) is 2.50. The van der Waals surface area contributed by atoms with E-state index in [0.29, 0.717) is 21.3 Å². The molecule has 0 bridgehead atoms. The van der Waals surface area contributed by atoms with Gasteiger partial charge in [-0.3, -0.25) is 4.79 Å². The summed E-state index contributed by atoms with van der Waals surface area (Å²) in [6.07, 6.45) is 1.85. The molecule has 0 atom stereocenters. The lowest BCUT2D eigenvalue weighted by Gasteiger charge is -2.07. The third-order valence-electron chi connectivity index (χ3n) is 2.99. The number of amides is 1. The number of carbonyl (C=O) groups is 1. The van der Waals surface area contributed by atoms with Crippen molar-refractivity contribution < 1.29 is 4.79 Å². The van der Waals surface area contributed by atoms with Gasteiger partial charge in [0.25, 0.3) is 5.91 Å². The lowest BCUT2D eigenvalue weighted by atomic mass is 10.2. The topological polar surface area (TPSA) is 44.9 Å². The molecule has 1 heterocycles. The minimum atomic E-state index is -0.262. The van der Waals surface area contributed by atoms with Gasteiger partial charge >= 0.3 is 0 Å². The van der Waals surface area contributed by atoms with Crippen molar-refractivity contribution in [3.8, 4) is 0 Å². The number of aromatic amines is 1. The Balaban J connectivity index is 1.87. The van der Waals surface area contributed by atoms with E-state index >= 15 is 0 Å². The molecule has 5 heteroatoms. The summed E-state index contributed by atoms with van der Waals surface area (Å²) in [4.78, 5) is 15.3. The lowest BCUT2D eigenvalue weighted by molar-refractivity contribution is 0.102. The van der Waals surface area contributed by atoms with Crippen LogP contribution in [0, 0.1) is 0 Å². The van der Waals surface area contributed by atoms with Crippen LogP contribution in [0.1, 0.15) is 10.4 Å². The summed E-state index contributed by atoms with van der Waals surface area (Å²) in [5, 5.41) is 4.68. The van der Waals surface area contributed by atoms with Crippen LogP contribution in [-0.4, -0.2) is 10.9 Å². The molecule has 2 N–H and O–H groups in total. The molecule has 3 nitrogen and oxygen atoms in total. The van der Waals surface area contributed by atoms with Crippen LogP contribution in [-0.2, 0) is 0 Å². The highest BCUT2D eigenvalue weighted by Crippen LogP contribution is 2.23. The quantitative estimate of drug-likeness (QED) is 0.706. The molecule has 0 radical (unpaired) electrons. The molecule has 0 aliphatic rings. The highest BCUT2D eigenvalue weighted by molar-refractivity contribution is 6.37. The normalized spacial score (nSPS) is 10.7. The predicted molar refractivity (Wildman–Crippen MR) is 82.7 cm³/mol. The number of aromatic nitrogens is 1. The second-order valence-corrected chi connectivity index (χ2v) is 5.20. The van der Waals surface area contributed by atoms with Crippen molar-refractivity contribution in [2.75, 3.05) is 5.32 Å². The summed E-state index contributed by atoms with van der Waals surface area (Å²) in [6, 6.07) is 12.4. The standard InChI is InChI=1S/C15H10Cl2N2O/c16-10-1-3-12(13(17)8-10)15(20)19-11-2-4-14-9(7-11)5-6-18-14/h1-8,18H,(H,19,20). The van der Waals surface area contributed by atoms with E-state index in [9.17, 15) is 4.79 Å². The highest BCUT2D eigenvalue weighted by atomic mass is 35.5. The Kier molecular flexibility index (Phi) is 3.38. The van der Waals surface area contributed by atoms with Crippen LogP contribution in [0.3, 0.4) is 0 Å². The van der Waals surface area contributed by atoms with Crippen molar-refractivity contribution in [3.63, 3.8) is 0 Å². The molecule has 0 spiro atoms. The summed E-state index contributed by atoms with van der Waals surface area (Å²) in [7, 11) is 0. The van der Waals surface area contributed by atoms with E-state index in [0.717, 1.165) is 10.9 Å². The third kappa shape index (κ3) is 2.50. The van der Waals surface area contributed by atoms with Gasteiger partial charge in [0.1, 0.15) is 0 Å². The Labute approximate surface area is 125 Å². The molecule has 0 fully saturated rings. The number of H-pyrrole nitrogens is 1. The van der Waals surface area contributed by atoms with Crippen molar-refractivity contribution in [1.82, 2.24) is 4.98 Å². The van der Waals surface area contributed by atoms with Crippen LogP contribution in [0.25, 0.3) is 10.9 Å². The second kappa shape index (κ2) is 5.19. The Bertz CT molecular complexity index is 795. The van der Waals surface area contributed by atoms with Gasteiger partial charge in [-0.25, -0.2) is 0 Å². The number of carbonyl (C=O) groups excluding carboxylic acids is 1. The van der Waals surface area contributed by atoms with Crippen molar-refractivity contribution in [2.45, 2.75) is 0 Å². The van der Waals surface area contributed by atoms with Crippen LogP contribution in [0.4, 0.5) is 5.69 Å². The second-order valence-electron chi connectivity index (χ2n) is 4.36. The fourth-order valence-electron chi connectivity index (χ4n) is 2.00. The number of anilines is 1. The minimum Gasteiger partial charge on any atom is -0.361 e. The first-order valence-corrected chi connectivity index (χ1v) is 6.72. The molecule has 3 aromatic rings. The van der Waals surface area contributed by atoms with Crippen LogP contribution in [0.15, 0.2) is 48.7 Å². The van der Waals surface area contributed by atoms with E-state index in [2.05, 4.69) is 10.3 Å². The Hall–Kier alpha value is -1.97. The van der Waals surface area contributed by atoms with E-state index in [1.165, 1.54) is 0 Å². The van der Waals surface area contributed by atoms with Crippen LogP contribution < -0.4 is 5.32 Å². The van der Waals surface area contributed by atoms with E-state index < -0.39 is 0 Å². The first-order chi connectivity index (χ1) is 9.63. The number of hydrogen-bond acceptors (Lipinski definition) is 1. The van der Waals surface area contributed by atoms with Gasteiger partial charge in [0.2, 0.25) is 0 Å². The SMILES string of the molecule is O=C(Nc1ccc2[nH]ccc2c1)c1ccc(Cl)cc1Cl. The Morgan fingerprint density at radius 1 is 1.05 bits per heavy atom. The van der Waals surface area contributed by atoms with Gasteiger partial charge < -0.3 is 10.3 Å². The summed E-state index contributed by atoms with van der Waals surface area (Å²) < 4.78 is 0. The molecular formula is C15H10Cl2N2O. The molecule has 3 rings (SSSR count). The zero-order valence-corrected chi connectivity index (χ0v) is 11.8. The molecule has 1 aromatic heterocycles. The van der Waals surface area contributed by atoms with Gasteiger partial charge in [0, 0.05) is 27.8 Å². The average Bonchev–Trinajstić information content (AvgIpc) is 2.85. The van der Waals surface area contributed by atoms with Crippen molar-refractivity contribution in [3.05, 3.63) is 64.3 Å². The highest BCUT2D eigenvalue weighted by Gasteiger charge is 2.11. The predicted octanol–water partition coefficient (Wildman–Crippen LogP) is 4.73. The minimum absolute atomic E-state index is 0.262. The van der Waals surface area contributed by atoms with Gasteiger partial charge in [0.15, 0.2) is 0 Å². The Morgan fingerprint density at radius 3 is 2.70 bits per heavy atom. The molecule has 0 aliphatic carbocycles. The Morgan fingerprint density at radius 2 is 1.90 bits per heavy atom. The molecule has 20 heavy (non-hydrogen) atoms. The largest absolute Gasteiger partial charge is 0.361 e. The third-order valence-corrected chi connectivity index (χ3v) is 3.53. The molecular weight excluding hydrogens is 295 g/mol. The van der Waals surface area contributed by atoms with E-state index in [-0.39, 0.29) is 5.91 Å². The van der Waals surface area contributed by atoms with Gasteiger partial charge in [-0.2, -0.15) is 0 Å². The molecule has 0 saturated heterocycles. The number of halogens is 2. The monoisotopic (exact) mass is 304 g/mol. The van der Waals surface area contributed by atoms with Crippen LogP contribution >= 0.6 is 23.2 Å². The lowest BCUT2D eigenvalue weighted by Crippen LogP contribution is -2.12. The van der Waals surface area contributed by atoms with E-state index in [1.54, 1.807) is 18.2 Å². The molecule has 0 saturated carbocycles. The van der Waals surface area contributed by atoms with Gasteiger partial charge in [-0.1, -0.05) is 23.2 Å². The summed E-state index contributed by atoms with van der Waals surface area (Å²) >= 11 is 11.8. The van der Waals surface area contributed by atoms with Gasteiger partial charge in [-0.05, 0) is 42.5 Å². The number of fused-ring (bicyclic) bond motifs is 1. The smallest absolute Gasteiger partial charge is 0.257 e. The average molecular weight is 305 g/mol. The molecule has 0 aliphatic heterocycles. The van der Waals surface area contributed by atoms with Crippen LogP contribution in [0.2, 0.25) is 10.0 Å². The fraction of sp³-hybridized carbons (Fsp3) is 0. The maximum Gasteiger partial charge on any atom is 0.257 e. The number of benzene rings is 2. The molecule has 100 valence electrons. The maximum absolute atomic E-state index is 12.2. The maximum atomic E-state index is 12.2. The summed E-state index contributed by atoms with van der Waals surface area (Å²) in [6.45, 7) is 0. The number of nitrogens with one attached hydrogen (secondary N) is 2. The van der Waals surface area contributed by atoms with Crippen molar-refractivity contribution >= 4 is 45.7 Å². The van der Waals surface area contributed by atoms with Crippen molar-refractivity contribution in [1.29, 1.82) is 0 Å². The van der Waals surface area contributed by atoms with E-state index in [1.807, 2.05) is 30.5 Å². The summed E-state index contributed by atoms with van der Waals surface area (Å²) in [5.41, 5.74) is 2.13. The summed E-state index contributed by atoms with van der Waals surface area (Å²) in [5.74, 6) is -0.262. The number of hydrogen-bond donors (Lipinski definition) is 2. The molecule has 0 unspecified atom stereocenters. The molecule has 2 aromatic carbocycles. The zero-order chi connectivity index (χ0) is 14.1. The first kappa shape index (κ1) is 13.0. The zero-order valence-electron chi connectivity index (χ0n) is 10.3. The van der Waals surface area contributed by atoms with Gasteiger partial charge in [0.05, 0.1) is 10.6 Å². The molecule has 1 amide bonds. The van der Waals surface area contributed by atoms with Crippen LogP contribution in [0.5, 0.6) is 0 Å². The van der Waals surface area contributed by atoms with Crippen molar-refractivity contribution in [2.24, 2.45) is 0 Å². The van der Waals surface area contributed by atoms with E-state index in [4.69, 9.17) is 23.2 Å². The first-order valence-electron chi connectivity index (χ1n) is 5.97. The van der Waals surface area contributed by atoms with Gasteiger partial charge in [-0.15, -0.1) is 0 Å². The number of rotatable bonds is 2.